The minimum atomic E-state index is -1.08. The molecule has 2 N–H and O–H groups in total. The van der Waals surface area contributed by atoms with Crippen LogP contribution in [0.25, 0.3) is 0 Å². The number of thioether (sulfide) groups is 1. The monoisotopic (exact) mass is 359 g/mol. The van der Waals surface area contributed by atoms with E-state index in [0.717, 1.165) is 11.1 Å². The SMILES string of the molecule is C[C@H](SCc1ccccc1)[C@H](NC(=O)OCc1ccccc1)C(=O)O. The highest BCUT2D eigenvalue weighted by atomic mass is 32.2. The molecule has 2 rings (SSSR count). The standard InChI is InChI=1S/C19H21NO4S/c1-14(25-13-16-10-6-3-7-11-16)17(18(21)22)20-19(23)24-12-15-8-4-2-5-9-15/h2-11,14,17H,12-13H2,1H3,(H,20,23)(H,21,22)/t14-,17-/m0/s1. The number of carboxylic acids is 1. The van der Waals surface area contributed by atoms with Crippen molar-refractivity contribution in [2.75, 3.05) is 0 Å². The van der Waals surface area contributed by atoms with Crippen molar-refractivity contribution in [2.45, 2.75) is 30.6 Å². The Labute approximate surface area is 151 Å². The Kier molecular flexibility index (Phi) is 7.35. The zero-order chi connectivity index (χ0) is 18.1. The Morgan fingerprint density at radius 3 is 2.16 bits per heavy atom. The van der Waals surface area contributed by atoms with E-state index in [-0.39, 0.29) is 11.9 Å². The number of rotatable bonds is 8. The molecule has 2 aromatic rings. The molecule has 2 aromatic carbocycles. The summed E-state index contributed by atoms with van der Waals surface area (Å²) >= 11 is 1.47. The number of hydrogen-bond donors (Lipinski definition) is 2. The van der Waals surface area contributed by atoms with E-state index < -0.39 is 18.1 Å². The second-order valence-corrected chi connectivity index (χ2v) is 6.89. The van der Waals surface area contributed by atoms with Gasteiger partial charge in [-0.05, 0) is 11.1 Å². The van der Waals surface area contributed by atoms with Crippen LogP contribution in [0, 0.1) is 0 Å². The number of aliphatic carboxylic acids is 1. The molecular weight excluding hydrogens is 338 g/mol. The van der Waals surface area contributed by atoms with Gasteiger partial charge in [-0.25, -0.2) is 9.59 Å². The number of alkyl carbamates (subject to hydrolysis) is 1. The van der Waals surface area contributed by atoms with Crippen molar-refractivity contribution < 1.29 is 19.4 Å². The predicted octanol–water partition coefficient (Wildman–Crippen LogP) is 3.69. The summed E-state index contributed by atoms with van der Waals surface area (Å²) in [7, 11) is 0. The highest BCUT2D eigenvalue weighted by Gasteiger charge is 2.27. The average molecular weight is 359 g/mol. The van der Waals surface area contributed by atoms with E-state index in [9.17, 15) is 14.7 Å². The molecule has 0 unspecified atom stereocenters. The van der Waals surface area contributed by atoms with Gasteiger partial charge in [-0.3, -0.25) is 0 Å². The third-order valence-corrected chi connectivity index (χ3v) is 4.88. The highest BCUT2D eigenvalue weighted by molar-refractivity contribution is 7.99. The Balaban J connectivity index is 1.84. The number of carbonyl (C=O) groups is 2. The summed E-state index contributed by atoms with van der Waals surface area (Å²) in [5, 5.41) is 11.5. The maximum absolute atomic E-state index is 11.9. The first-order valence-corrected chi connectivity index (χ1v) is 8.96. The summed E-state index contributed by atoms with van der Waals surface area (Å²) in [6.45, 7) is 1.88. The van der Waals surface area contributed by atoms with Gasteiger partial charge in [0.05, 0.1) is 0 Å². The number of amides is 1. The average Bonchev–Trinajstić information content (AvgIpc) is 2.64. The molecule has 0 radical (unpaired) electrons. The van der Waals surface area contributed by atoms with Crippen molar-refractivity contribution in [2.24, 2.45) is 0 Å². The van der Waals surface area contributed by atoms with Gasteiger partial charge in [0, 0.05) is 11.0 Å². The summed E-state index contributed by atoms with van der Waals surface area (Å²) in [5.41, 5.74) is 1.95. The first-order valence-electron chi connectivity index (χ1n) is 7.92. The number of hydrogen-bond acceptors (Lipinski definition) is 4. The molecule has 132 valence electrons. The van der Waals surface area contributed by atoms with Crippen molar-refractivity contribution in [3.05, 3.63) is 71.8 Å². The van der Waals surface area contributed by atoms with Gasteiger partial charge in [-0.2, -0.15) is 11.8 Å². The minimum absolute atomic E-state index is 0.102. The number of nitrogens with one attached hydrogen (secondary N) is 1. The highest BCUT2D eigenvalue weighted by Crippen LogP contribution is 2.20. The molecule has 2 atom stereocenters. The molecule has 5 nitrogen and oxygen atoms in total. The Hall–Kier alpha value is -2.47. The molecule has 0 aliphatic rings. The van der Waals surface area contributed by atoms with Crippen LogP contribution in [0.2, 0.25) is 0 Å². The van der Waals surface area contributed by atoms with E-state index in [1.807, 2.05) is 60.7 Å². The third-order valence-electron chi connectivity index (χ3n) is 3.58. The lowest BCUT2D eigenvalue weighted by molar-refractivity contribution is -0.139. The molecule has 0 saturated carbocycles. The van der Waals surface area contributed by atoms with Crippen LogP contribution in [-0.2, 0) is 21.9 Å². The van der Waals surface area contributed by atoms with Crippen LogP contribution in [-0.4, -0.2) is 28.5 Å². The lowest BCUT2D eigenvalue weighted by atomic mass is 10.2. The summed E-state index contributed by atoms with van der Waals surface area (Å²) in [4.78, 5) is 23.4. The fourth-order valence-electron chi connectivity index (χ4n) is 2.17. The molecule has 25 heavy (non-hydrogen) atoms. The second-order valence-electron chi connectivity index (χ2n) is 5.52. The molecule has 0 fully saturated rings. The Morgan fingerprint density at radius 2 is 1.60 bits per heavy atom. The summed E-state index contributed by atoms with van der Waals surface area (Å²) < 4.78 is 5.10. The molecule has 0 aromatic heterocycles. The van der Waals surface area contributed by atoms with E-state index in [1.165, 1.54) is 11.8 Å². The van der Waals surface area contributed by atoms with Crippen LogP contribution in [0.1, 0.15) is 18.1 Å². The van der Waals surface area contributed by atoms with Gasteiger partial charge in [0.15, 0.2) is 0 Å². The van der Waals surface area contributed by atoms with Gasteiger partial charge in [0.25, 0.3) is 0 Å². The predicted molar refractivity (Wildman–Crippen MR) is 98.4 cm³/mol. The van der Waals surface area contributed by atoms with Gasteiger partial charge < -0.3 is 15.2 Å². The molecule has 0 spiro atoms. The van der Waals surface area contributed by atoms with Crippen molar-refractivity contribution >= 4 is 23.8 Å². The third kappa shape index (κ3) is 6.51. The lowest BCUT2D eigenvalue weighted by Crippen LogP contribution is -2.46. The molecule has 6 heteroatoms. The molecule has 0 heterocycles. The molecule has 1 amide bonds. The van der Waals surface area contributed by atoms with Crippen LogP contribution in [0.3, 0.4) is 0 Å². The quantitative estimate of drug-likeness (QED) is 0.752. The summed E-state index contributed by atoms with van der Waals surface area (Å²) in [6.07, 6.45) is -0.733. The van der Waals surface area contributed by atoms with Gasteiger partial charge in [-0.15, -0.1) is 0 Å². The maximum Gasteiger partial charge on any atom is 0.408 e. The van der Waals surface area contributed by atoms with Gasteiger partial charge in [0.2, 0.25) is 0 Å². The Morgan fingerprint density at radius 1 is 1.04 bits per heavy atom. The Bertz CT molecular complexity index is 678. The smallest absolute Gasteiger partial charge is 0.408 e. The largest absolute Gasteiger partial charge is 0.480 e. The van der Waals surface area contributed by atoms with Crippen LogP contribution in [0.4, 0.5) is 4.79 Å². The minimum Gasteiger partial charge on any atom is -0.480 e. The molecule has 0 aliphatic heterocycles. The molecule has 0 bridgehead atoms. The maximum atomic E-state index is 11.9. The van der Waals surface area contributed by atoms with Crippen LogP contribution >= 0.6 is 11.8 Å². The van der Waals surface area contributed by atoms with E-state index in [0.29, 0.717) is 5.75 Å². The van der Waals surface area contributed by atoms with Crippen LogP contribution < -0.4 is 5.32 Å². The molecule has 0 aliphatic carbocycles. The number of carboxylic acid groups (broad SMARTS) is 1. The van der Waals surface area contributed by atoms with Crippen LogP contribution in [0.15, 0.2) is 60.7 Å². The zero-order valence-electron chi connectivity index (χ0n) is 13.9. The van der Waals surface area contributed by atoms with Gasteiger partial charge in [-0.1, -0.05) is 67.6 Å². The number of ether oxygens (including phenoxy) is 1. The zero-order valence-corrected chi connectivity index (χ0v) is 14.7. The van der Waals surface area contributed by atoms with Crippen molar-refractivity contribution in [1.82, 2.24) is 5.32 Å². The number of benzene rings is 2. The normalized spacial score (nSPS) is 12.8. The van der Waals surface area contributed by atoms with E-state index in [1.54, 1.807) is 6.92 Å². The van der Waals surface area contributed by atoms with Crippen LogP contribution in [0.5, 0.6) is 0 Å². The first-order chi connectivity index (χ1) is 12.1. The lowest BCUT2D eigenvalue weighted by Gasteiger charge is -2.21. The fraction of sp³-hybridized carbons (Fsp3) is 0.263. The van der Waals surface area contributed by atoms with E-state index in [2.05, 4.69) is 5.32 Å². The van der Waals surface area contributed by atoms with E-state index in [4.69, 9.17) is 4.74 Å². The molecule has 0 saturated heterocycles. The van der Waals surface area contributed by atoms with Crippen molar-refractivity contribution in [3.63, 3.8) is 0 Å². The van der Waals surface area contributed by atoms with E-state index >= 15 is 0 Å². The number of carbonyl (C=O) groups excluding carboxylic acids is 1. The topological polar surface area (TPSA) is 75.6 Å². The molecular formula is C19H21NO4S. The van der Waals surface area contributed by atoms with Crippen molar-refractivity contribution in [3.8, 4) is 0 Å². The van der Waals surface area contributed by atoms with Gasteiger partial charge in [0.1, 0.15) is 12.6 Å². The summed E-state index contributed by atoms with van der Waals surface area (Å²) in [6, 6.07) is 18.0. The van der Waals surface area contributed by atoms with Crippen molar-refractivity contribution in [1.29, 1.82) is 0 Å². The second kappa shape index (κ2) is 9.74. The first kappa shape index (κ1) is 18.9. The summed E-state index contributed by atoms with van der Waals surface area (Å²) in [5.74, 6) is -0.406. The fourth-order valence-corrected chi connectivity index (χ4v) is 3.19. The van der Waals surface area contributed by atoms with Gasteiger partial charge >= 0.3 is 12.1 Å².